The molecule has 1 unspecified atom stereocenters. The average Bonchev–Trinajstić information content (AvgIpc) is 3.48. The van der Waals surface area contributed by atoms with Gasteiger partial charge >= 0.3 is 6.18 Å². The van der Waals surface area contributed by atoms with E-state index < -0.39 is 18.0 Å². The van der Waals surface area contributed by atoms with Gasteiger partial charge in [0.05, 0.1) is 16.6 Å². The highest BCUT2D eigenvalue weighted by atomic mass is 19.4. The smallest absolute Gasteiger partial charge is 0.308 e. The van der Waals surface area contributed by atoms with Gasteiger partial charge in [-0.1, -0.05) is 0 Å². The lowest BCUT2D eigenvalue weighted by molar-refractivity contribution is -0.137. The summed E-state index contributed by atoms with van der Waals surface area (Å²) in [5.74, 6) is 0.721. The molecular formula is C21H16F4N4. The van der Waals surface area contributed by atoms with E-state index in [-0.39, 0.29) is 11.7 Å². The van der Waals surface area contributed by atoms with Gasteiger partial charge in [0, 0.05) is 24.0 Å². The van der Waals surface area contributed by atoms with Crippen molar-refractivity contribution in [3.8, 4) is 0 Å². The number of nitrogens with zero attached hydrogens (tertiary/aromatic N) is 4. The number of aliphatic imine (C=N–C) groups is 1. The van der Waals surface area contributed by atoms with E-state index in [1.807, 2.05) is 4.57 Å². The molecule has 8 heteroatoms. The summed E-state index contributed by atoms with van der Waals surface area (Å²) in [6.45, 7) is 0. The Kier molecular flexibility index (Phi) is 3.97. The average molecular weight is 400 g/mol. The highest BCUT2D eigenvalue weighted by Crippen LogP contribution is 2.43. The fourth-order valence-corrected chi connectivity index (χ4v) is 3.60. The van der Waals surface area contributed by atoms with E-state index in [1.165, 1.54) is 24.3 Å². The van der Waals surface area contributed by atoms with Crippen molar-refractivity contribution < 1.29 is 17.6 Å². The maximum absolute atomic E-state index is 14.0. The first-order valence-corrected chi connectivity index (χ1v) is 9.25. The summed E-state index contributed by atoms with van der Waals surface area (Å²) >= 11 is 0. The molecular weight excluding hydrogens is 384 g/mol. The quantitative estimate of drug-likeness (QED) is 0.534. The van der Waals surface area contributed by atoms with Crippen LogP contribution >= 0.6 is 0 Å². The molecule has 4 nitrogen and oxygen atoms in total. The molecule has 2 heterocycles. The molecule has 2 aliphatic rings. The van der Waals surface area contributed by atoms with Gasteiger partial charge in [-0.15, -0.1) is 0 Å². The number of hydrogen-bond acceptors (Lipinski definition) is 3. The van der Waals surface area contributed by atoms with Crippen LogP contribution in [0.5, 0.6) is 0 Å². The molecule has 0 bridgehead atoms. The number of alkyl halides is 3. The molecule has 1 fully saturated rings. The molecule has 5 rings (SSSR count). The summed E-state index contributed by atoms with van der Waals surface area (Å²) in [5, 5.41) is 0. The molecule has 0 amide bonds. The largest absolute Gasteiger partial charge is 0.416 e. The Morgan fingerprint density at radius 3 is 2.45 bits per heavy atom. The van der Waals surface area contributed by atoms with Crippen LogP contribution in [-0.2, 0) is 6.18 Å². The lowest BCUT2D eigenvalue weighted by Crippen LogP contribution is -2.30. The minimum Gasteiger partial charge on any atom is -0.308 e. The maximum Gasteiger partial charge on any atom is 0.416 e. The zero-order valence-corrected chi connectivity index (χ0v) is 15.1. The van der Waals surface area contributed by atoms with Crippen LogP contribution in [0.25, 0.3) is 11.0 Å². The second-order valence-corrected chi connectivity index (χ2v) is 7.19. The van der Waals surface area contributed by atoms with E-state index in [0.29, 0.717) is 16.7 Å². The van der Waals surface area contributed by atoms with Crippen molar-refractivity contribution in [1.29, 1.82) is 0 Å². The lowest BCUT2D eigenvalue weighted by atomic mass is 10.2. The molecule has 1 aliphatic carbocycles. The summed E-state index contributed by atoms with van der Waals surface area (Å²) < 4.78 is 54.6. The summed E-state index contributed by atoms with van der Waals surface area (Å²) in [6.07, 6.45) is 2.10. The Morgan fingerprint density at radius 1 is 1.00 bits per heavy atom. The van der Waals surface area contributed by atoms with Crippen LogP contribution in [0.15, 0.2) is 59.7 Å². The van der Waals surface area contributed by atoms with Crippen LogP contribution in [0.1, 0.15) is 36.4 Å². The molecule has 2 aromatic carbocycles. The molecule has 0 saturated heterocycles. The molecule has 1 saturated carbocycles. The Labute approximate surface area is 163 Å². The molecule has 1 aliphatic heterocycles. The van der Waals surface area contributed by atoms with Crippen molar-refractivity contribution in [1.82, 2.24) is 9.55 Å². The van der Waals surface area contributed by atoms with Gasteiger partial charge in [0.1, 0.15) is 11.6 Å². The van der Waals surface area contributed by atoms with Crippen LogP contribution in [0.4, 0.5) is 23.2 Å². The van der Waals surface area contributed by atoms with Gasteiger partial charge in [0.15, 0.2) is 0 Å². The Balaban J connectivity index is 1.61. The number of halogens is 4. The molecule has 148 valence electrons. The van der Waals surface area contributed by atoms with Crippen molar-refractivity contribution >= 4 is 22.9 Å². The van der Waals surface area contributed by atoms with Gasteiger partial charge in [-0.3, -0.25) is 4.57 Å². The van der Waals surface area contributed by atoms with E-state index >= 15 is 0 Å². The number of fused-ring (bicyclic) bond motifs is 1. The molecule has 1 atom stereocenters. The van der Waals surface area contributed by atoms with Gasteiger partial charge in [-0.05, 0) is 61.4 Å². The first kappa shape index (κ1) is 17.9. The number of rotatable bonds is 3. The zero-order valence-electron chi connectivity index (χ0n) is 15.1. The van der Waals surface area contributed by atoms with Crippen LogP contribution in [0.3, 0.4) is 0 Å². The third-order valence-electron chi connectivity index (χ3n) is 5.15. The number of aromatic nitrogens is 2. The van der Waals surface area contributed by atoms with Crippen molar-refractivity contribution in [2.24, 2.45) is 4.99 Å². The Bertz CT molecular complexity index is 1120. The summed E-state index contributed by atoms with van der Waals surface area (Å²) in [7, 11) is 0. The minimum absolute atomic E-state index is 0.279. The maximum atomic E-state index is 14.0. The van der Waals surface area contributed by atoms with Gasteiger partial charge in [0.2, 0.25) is 6.29 Å². The number of anilines is 1. The van der Waals surface area contributed by atoms with E-state index in [9.17, 15) is 17.6 Å². The van der Waals surface area contributed by atoms with Crippen LogP contribution < -0.4 is 4.90 Å². The topological polar surface area (TPSA) is 33.4 Å². The number of benzene rings is 2. The molecule has 1 aromatic heterocycles. The minimum atomic E-state index is -4.40. The fraction of sp³-hybridized carbons (Fsp3) is 0.238. The van der Waals surface area contributed by atoms with Crippen molar-refractivity contribution in [3.63, 3.8) is 0 Å². The molecule has 0 N–H and O–H groups in total. The SMILES string of the molecule is Fc1ccc2nc(C3CC3)n(C3N=CC=CN3c3ccc(C(F)(F)F)cc3)c2c1. The molecule has 29 heavy (non-hydrogen) atoms. The first-order valence-electron chi connectivity index (χ1n) is 9.25. The van der Waals surface area contributed by atoms with Gasteiger partial charge < -0.3 is 4.90 Å². The highest BCUT2D eigenvalue weighted by molar-refractivity contribution is 5.78. The number of hydrogen-bond donors (Lipinski definition) is 0. The van der Waals surface area contributed by atoms with E-state index in [0.717, 1.165) is 30.8 Å². The van der Waals surface area contributed by atoms with Gasteiger partial charge in [-0.25, -0.2) is 14.4 Å². The van der Waals surface area contributed by atoms with Crippen LogP contribution in [-0.4, -0.2) is 15.8 Å². The Hall–Kier alpha value is -3.16. The standard InChI is InChI=1S/C21H16F4N4/c22-15-6-9-17-18(12-15)29(19(27-17)13-2-3-13)20-26-10-1-11-28(20)16-7-4-14(5-8-16)21(23,24)25/h1,4-13,20H,2-3H2. The van der Waals surface area contributed by atoms with E-state index in [1.54, 1.807) is 29.5 Å². The van der Waals surface area contributed by atoms with Gasteiger partial charge in [-0.2, -0.15) is 13.2 Å². The zero-order chi connectivity index (χ0) is 20.2. The van der Waals surface area contributed by atoms with E-state index in [4.69, 9.17) is 0 Å². The summed E-state index contributed by atoms with van der Waals surface area (Å²) in [4.78, 5) is 11.0. The molecule has 0 radical (unpaired) electrons. The second-order valence-electron chi connectivity index (χ2n) is 7.19. The third-order valence-corrected chi connectivity index (χ3v) is 5.15. The van der Waals surface area contributed by atoms with Crippen molar-refractivity contribution in [3.05, 3.63) is 71.9 Å². The molecule has 0 spiro atoms. The summed E-state index contributed by atoms with van der Waals surface area (Å²) in [5.41, 5.74) is 1.12. The number of allylic oxidation sites excluding steroid dienone is 1. The highest BCUT2D eigenvalue weighted by Gasteiger charge is 2.34. The summed E-state index contributed by atoms with van der Waals surface area (Å²) in [6, 6.07) is 9.35. The Morgan fingerprint density at radius 2 is 1.76 bits per heavy atom. The third kappa shape index (κ3) is 3.18. The molecule has 3 aromatic rings. The lowest BCUT2D eigenvalue weighted by Gasteiger charge is -2.32. The monoisotopic (exact) mass is 400 g/mol. The van der Waals surface area contributed by atoms with E-state index in [2.05, 4.69) is 9.98 Å². The fourth-order valence-electron chi connectivity index (χ4n) is 3.60. The normalized spacial score (nSPS) is 19.3. The van der Waals surface area contributed by atoms with Crippen molar-refractivity contribution in [2.45, 2.75) is 31.2 Å². The van der Waals surface area contributed by atoms with Crippen molar-refractivity contribution in [2.75, 3.05) is 4.90 Å². The predicted octanol–water partition coefficient (Wildman–Crippen LogP) is 5.63. The van der Waals surface area contributed by atoms with Crippen LogP contribution in [0, 0.1) is 5.82 Å². The van der Waals surface area contributed by atoms with Gasteiger partial charge in [0.25, 0.3) is 0 Å². The first-order chi connectivity index (χ1) is 13.9. The van der Waals surface area contributed by atoms with Crippen LogP contribution in [0.2, 0.25) is 0 Å². The number of imidazole rings is 1. The second kappa shape index (κ2) is 6.43. The predicted molar refractivity (Wildman–Crippen MR) is 102 cm³/mol.